The molecule has 7 nitrogen and oxygen atoms in total. The molecular weight excluding hydrogens is 282 g/mol. The summed E-state index contributed by atoms with van der Waals surface area (Å²) < 4.78 is 26.0. The van der Waals surface area contributed by atoms with Gasteiger partial charge < -0.3 is 5.32 Å². The van der Waals surface area contributed by atoms with E-state index in [0.717, 1.165) is 6.07 Å². The Morgan fingerprint density at radius 3 is 2.50 bits per heavy atom. The van der Waals surface area contributed by atoms with Crippen LogP contribution in [0.5, 0.6) is 0 Å². The predicted molar refractivity (Wildman–Crippen MR) is 77.3 cm³/mol. The van der Waals surface area contributed by atoms with E-state index in [1.807, 2.05) is 6.92 Å². The van der Waals surface area contributed by atoms with Crippen molar-refractivity contribution in [2.24, 2.45) is 0 Å². The maximum Gasteiger partial charge on any atom is 0.293 e. The van der Waals surface area contributed by atoms with Gasteiger partial charge in [-0.25, -0.2) is 8.42 Å². The normalized spacial score (nSPS) is 13.2. The molecule has 1 unspecified atom stereocenters. The summed E-state index contributed by atoms with van der Waals surface area (Å²) in [6.07, 6.45) is 0.659. The molecule has 0 spiro atoms. The molecule has 1 atom stereocenters. The van der Waals surface area contributed by atoms with E-state index in [-0.39, 0.29) is 22.3 Å². The zero-order valence-electron chi connectivity index (χ0n) is 12.0. The number of sulfonamides is 1. The van der Waals surface area contributed by atoms with Crippen LogP contribution in [0.1, 0.15) is 20.3 Å². The highest BCUT2D eigenvalue weighted by Crippen LogP contribution is 2.28. The van der Waals surface area contributed by atoms with Gasteiger partial charge in [-0.2, -0.15) is 4.31 Å². The Labute approximate surface area is 118 Å². The van der Waals surface area contributed by atoms with Crippen molar-refractivity contribution in [2.45, 2.75) is 31.2 Å². The first-order valence-electron chi connectivity index (χ1n) is 6.19. The van der Waals surface area contributed by atoms with Crippen molar-refractivity contribution in [1.29, 1.82) is 0 Å². The van der Waals surface area contributed by atoms with Crippen LogP contribution in [0.2, 0.25) is 0 Å². The van der Waals surface area contributed by atoms with Crippen LogP contribution in [0.4, 0.5) is 11.4 Å². The number of nitrogens with one attached hydrogen (secondary N) is 1. The van der Waals surface area contributed by atoms with E-state index < -0.39 is 14.9 Å². The molecule has 0 aliphatic heterocycles. The number of benzene rings is 1. The summed E-state index contributed by atoms with van der Waals surface area (Å²) in [4.78, 5) is 10.3. The lowest BCUT2D eigenvalue weighted by molar-refractivity contribution is -0.384. The van der Waals surface area contributed by atoms with Gasteiger partial charge in [0.25, 0.3) is 5.69 Å². The van der Waals surface area contributed by atoms with Gasteiger partial charge in [0.1, 0.15) is 5.69 Å². The molecule has 0 bridgehead atoms. The second kappa shape index (κ2) is 6.19. The molecule has 0 aliphatic rings. The summed E-state index contributed by atoms with van der Waals surface area (Å²) >= 11 is 0. The number of nitrogens with zero attached hydrogens (tertiary/aromatic N) is 2. The Kier molecular flexibility index (Phi) is 5.07. The van der Waals surface area contributed by atoms with E-state index in [4.69, 9.17) is 0 Å². The monoisotopic (exact) mass is 301 g/mol. The molecular formula is C12H19N3O4S. The average Bonchev–Trinajstić information content (AvgIpc) is 2.44. The highest BCUT2D eigenvalue weighted by Gasteiger charge is 2.27. The van der Waals surface area contributed by atoms with Crippen LogP contribution in [0.25, 0.3) is 0 Å². The first-order chi connectivity index (χ1) is 9.25. The van der Waals surface area contributed by atoms with Crippen LogP contribution in [0, 0.1) is 10.1 Å². The Balaban J connectivity index is 3.33. The van der Waals surface area contributed by atoms with Gasteiger partial charge in [-0.1, -0.05) is 6.92 Å². The van der Waals surface area contributed by atoms with E-state index in [9.17, 15) is 18.5 Å². The Morgan fingerprint density at radius 1 is 1.45 bits per heavy atom. The highest BCUT2D eigenvalue weighted by molar-refractivity contribution is 7.89. The molecule has 0 saturated heterocycles. The zero-order chi connectivity index (χ0) is 15.5. The average molecular weight is 301 g/mol. The van der Waals surface area contributed by atoms with Crippen LogP contribution in [0.3, 0.4) is 0 Å². The predicted octanol–water partition coefficient (Wildman–Crippen LogP) is 2.06. The maximum absolute atomic E-state index is 12.4. The van der Waals surface area contributed by atoms with E-state index >= 15 is 0 Å². The zero-order valence-corrected chi connectivity index (χ0v) is 12.8. The quantitative estimate of drug-likeness (QED) is 0.641. The van der Waals surface area contributed by atoms with Crippen LogP contribution >= 0.6 is 0 Å². The number of rotatable bonds is 6. The number of nitro groups is 1. The molecule has 0 amide bonds. The van der Waals surface area contributed by atoms with Crippen LogP contribution < -0.4 is 5.32 Å². The Hall–Kier alpha value is -1.67. The molecule has 0 aromatic heterocycles. The van der Waals surface area contributed by atoms with Gasteiger partial charge in [0.2, 0.25) is 10.0 Å². The largest absolute Gasteiger partial charge is 0.383 e. The third-order valence-corrected chi connectivity index (χ3v) is 5.29. The minimum absolute atomic E-state index is 0.0778. The SMILES string of the molecule is CCC(C)N(C)S(=O)(=O)c1ccc(NC)c([N+](=O)[O-])c1. The lowest BCUT2D eigenvalue weighted by atomic mass is 10.3. The molecule has 0 saturated carbocycles. The standard InChI is InChI=1S/C12H19N3O4S/c1-5-9(2)14(4)20(18,19)10-6-7-11(13-3)12(8-10)15(16)17/h6-9,13H,5H2,1-4H3. The van der Waals surface area contributed by atoms with Gasteiger partial charge in [0, 0.05) is 26.2 Å². The molecule has 1 rings (SSSR count). The molecule has 0 heterocycles. The Bertz CT molecular complexity index is 601. The first-order valence-corrected chi connectivity index (χ1v) is 7.64. The van der Waals surface area contributed by atoms with Crippen LogP contribution in [-0.4, -0.2) is 37.8 Å². The van der Waals surface area contributed by atoms with Crippen molar-refractivity contribution >= 4 is 21.4 Å². The van der Waals surface area contributed by atoms with E-state index in [0.29, 0.717) is 6.42 Å². The smallest absolute Gasteiger partial charge is 0.293 e. The lowest BCUT2D eigenvalue weighted by Crippen LogP contribution is -2.34. The molecule has 112 valence electrons. The third-order valence-electron chi connectivity index (χ3n) is 3.32. The summed E-state index contributed by atoms with van der Waals surface area (Å²) in [6, 6.07) is 3.67. The minimum Gasteiger partial charge on any atom is -0.383 e. The summed E-state index contributed by atoms with van der Waals surface area (Å²) in [5, 5.41) is 13.6. The first kappa shape index (κ1) is 16.4. The van der Waals surface area contributed by atoms with Crippen molar-refractivity contribution in [3.63, 3.8) is 0 Å². The number of anilines is 1. The molecule has 1 N–H and O–H groups in total. The third kappa shape index (κ3) is 3.07. The lowest BCUT2D eigenvalue weighted by Gasteiger charge is -2.23. The molecule has 0 radical (unpaired) electrons. The van der Waals surface area contributed by atoms with Gasteiger partial charge in [0.05, 0.1) is 9.82 Å². The number of hydrogen-bond acceptors (Lipinski definition) is 5. The summed E-state index contributed by atoms with van der Waals surface area (Å²) in [7, 11) is -0.713. The Morgan fingerprint density at radius 2 is 2.05 bits per heavy atom. The second-order valence-electron chi connectivity index (χ2n) is 4.46. The van der Waals surface area contributed by atoms with Crippen molar-refractivity contribution in [3.8, 4) is 0 Å². The summed E-state index contributed by atoms with van der Waals surface area (Å²) in [5.74, 6) is 0. The van der Waals surface area contributed by atoms with Gasteiger partial charge >= 0.3 is 0 Å². The molecule has 1 aromatic carbocycles. The summed E-state index contributed by atoms with van der Waals surface area (Å²) in [5.41, 5.74) is 0.0197. The number of hydrogen-bond donors (Lipinski definition) is 1. The van der Waals surface area contributed by atoms with Crippen molar-refractivity contribution in [3.05, 3.63) is 28.3 Å². The maximum atomic E-state index is 12.4. The fourth-order valence-electron chi connectivity index (χ4n) is 1.69. The highest BCUT2D eigenvalue weighted by atomic mass is 32.2. The molecule has 0 aliphatic carbocycles. The van der Waals surface area contributed by atoms with Crippen molar-refractivity contribution in [2.75, 3.05) is 19.4 Å². The fourth-order valence-corrected chi connectivity index (χ4v) is 3.15. The topological polar surface area (TPSA) is 92.6 Å². The molecule has 8 heteroatoms. The molecule has 0 fully saturated rings. The van der Waals surface area contributed by atoms with Crippen LogP contribution in [-0.2, 0) is 10.0 Å². The second-order valence-corrected chi connectivity index (χ2v) is 6.46. The van der Waals surface area contributed by atoms with E-state index in [2.05, 4.69) is 5.32 Å². The summed E-state index contributed by atoms with van der Waals surface area (Å²) in [6.45, 7) is 3.66. The van der Waals surface area contributed by atoms with E-state index in [1.165, 1.54) is 23.5 Å². The van der Waals surface area contributed by atoms with Crippen molar-refractivity contribution in [1.82, 2.24) is 4.31 Å². The minimum atomic E-state index is -3.73. The van der Waals surface area contributed by atoms with Gasteiger partial charge in [-0.3, -0.25) is 10.1 Å². The van der Waals surface area contributed by atoms with Gasteiger partial charge in [-0.15, -0.1) is 0 Å². The van der Waals surface area contributed by atoms with Gasteiger partial charge in [-0.05, 0) is 25.5 Å². The van der Waals surface area contributed by atoms with Gasteiger partial charge in [0.15, 0.2) is 0 Å². The fraction of sp³-hybridized carbons (Fsp3) is 0.500. The van der Waals surface area contributed by atoms with E-state index in [1.54, 1.807) is 14.0 Å². The number of nitro benzene ring substituents is 1. The van der Waals surface area contributed by atoms with Crippen LogP contribution in [0.15, 0.2) is 23.1 Å². The van der Waals surface area contributed by atoms with Crippen molar-refractivity contribution < 1.29 is 13.3 Å². The molecule has 1 aromatic rings. The molecule has 20 heavy (non-hydrogen) atoms.